The Morgan fingerprint density at radius 2 is 1.89 bits per heavy atom. The number of rotatable bonds is 5. The normalized spacial score (nSPS) is 10.2. The first-order valence-electron chi connectivity index (χ1n) is 6.35. The first-order chi connectivity index (χ1) is 9.24. The molecule has 4 heteroatoms. The Balaban J connectivity index is 2.10. The van der Waals surface area contributed by atoms with Crippen LogP contribution in [0.15, 0.2) is 36.4 Å². The number of ether oxygens (including phenoxy) is 1. The summed E-state index contributed by atoms with van der Waals surface area (Å²) in [5.74, 6) is 1.21. The van der Waals surface area contributed by atoms with Crippen molar-refractivity contribution in [1.29, 1.82) is 0 Å². The molecule has 1 heterocycles. The summed E-state index contributed by atoms with van der Waals surface area (Å²) in [4.78, 5) is 4.30. The van der Waals surface area contributed by atoms with Crippen molar-refractivity contribution >= 4 is 11.5 Å². The second-order valence-electron chi connectivity index (χ2n) is 4.27. The van der Waals surface area contributed by atoms with Gasteiger partial charge in [-0.1, -0.05) is 31.2 Å². The van der Waals surface area contributed by atoms with Crippen molar-refractivity contribution in [3.8, 4) is 5.88 Å². The molecule has 0 aliphatic rings. The molecular formula is C15H19N3O. The molecule has 0 spiro atoms. The lowest BCUT2D eigenvalue weighted by Crippen LogP contribution is -2.05. The number of aromatic nitrogens is 1. The number of pyridine rings is 1. The van der Waals surface area contributed by atoms with E-state index in [1.807, 2.05) is 12.1 Å². The molecule has 4 nitrogen and oxygen atoms in total. The van der Waals surface area contributed by atoms with Crippen molar-refractivity contribution in [1.82, 2.24) is 4.98 Å². The predicted octanol–water partition coefficient (Wildman–Crippen LogP) is 2.85. The number of nitrogens with one attached hydrogen (secondary N) is 1. The van der Waals surface area contributed by atoms with Gasteiger partial charge in [0.1, 0.15) is 5.82 Å². The van der Waals surface area contributed by atoms with E-state index in [4.69, 9.17) is 10.5 Å². The van der Waals surface area contributed by atoms with Crippen LogP contribution in [0, 0.1) is 0 Å². The molecule has 100 valence electrons. The molecule has 2 rings (SSSR count). The van der Waals surface area contributed by atoms with Gasteiger partial charge in [0.25, 0.3) is 0 Å². The Morgan fingerprint density at radius 3 is 2.58 bits per heavy atom. The lowest BCUT2D eigenvalue weighted by atomic mass is 10.1. The van der Waals surface area contributed by atoms with Crippen LogP contribution in [0.3, 0.4) is 0 Å². The van der Waals surface area contributed by atoms with Crippen molar-refractivity contribution in [2.24, 2.45) is 0 Å². The number of nitrogen functional groups attached to an aromatic ring is 1. The summed E-state index contributed by atoms with van der Waals surface area (Å²) in [6, 6.07) is 12.0. The highest BCUT2D eigenvalue weighted by Gasteiger charge is 2.04. The fraction of sp³-hybridized carbons (Fsp3) is 0.267. The van der Waals surface area contributed by atoms with Crippen LogP contribution >= 0.6 is 0 Å². The van der Waals surface area contributed by atoms with E-state index >= 15 is 0 Å². The number of nitrogens with zero attached hydrogens (tertiary/aromatic N) is 1. The molecule has 0 saturated carbocycles. The van der Waals surface area contributed by atoms with E-state index in [9.17, 15) is 0 Å². The highest BCUT2D eigenvalue weighted by molar-refractivity contribution is 5.53. The van der Waals surface area contributed by atoms with Crippen LogP contribution in [0.25, 0.3) is 0 Å². The minimum Gasteiger partial charge on any atom is -0.479 e. The summed E-state index contributed by atoms with van der Waals surface area (Å²) in [6.07, 6.45) is 1.02. The maximum absolute atomic E-state index is 5.74. The topological polar surface area (TPSA) is 60.2 Å². The van der Waals surface area contributed by atoms with Crippen molar-refractivity contribution in [3.05, 3.63) is 47.5 Å². The van der Waals surface area contributed by atoms with Crippen LogP contribution < -0.4 is 15.8 Å². The number of methoxy groups -OCH3 is 1. The molecule has 0 fully saturated rings. The van der Waals surface area contributed by atoms with Crippen LogP contribution in [0.1, 0.15) is 18.1 Å². The zero-order chi connectivity index (χ0) is 13.7. The van der Waals surface area contributed by atoms with Crippen LogP contribution in [0.4, 0.5) is 11.5 Å². The van der Waals surface area contributed by atoms with Gasteiger partial charge in [-0.05, 0) is 29.7 Å². The van der Waals surface area contributed by atoms with Crippen LogP contribution in [-0.4, -0.2) is 12.1 Å². The maximum Gasteiger partial charge on any atom is 0.238 e. The molecule has 0 saturated heterocycles. The number of nitrogens with two attached hydrogens (primary N) is 1. The molecule has 0 bridgehead atoms. The standard InChI is InChI=1S/C15H19N3O/c1-3-11-6-4-5-7-12(11)10-17-14-9-8-13(16)15(18-14)19-2/h4-9H,3,10,16H2,1-2H3,(H,17,18). The van der Waals surface area contributed by atoms with Gasteiger partial charge >= 0.3 is 0 Å². The molecule has 0 atom stereocenters. The fourth-order valence-electron chi connectivity index (χ4n) is 1.97. The van der Waals surface area contributed by atoms with Gasteiger partial charge in [-0.3, -0.25) is 0 Å². The molecule has 2 aromatic rings. The summed E-state index contributed by atoms with van der Waals surface area (Å²) in [5.41, 5.74) is 8.91. The third-order valence-electron chi connectivity index (χ3n) is 3.04. The Bertz CT molecular complexity index is 555. The predicted molar refractivity (Wildman–Crippen MR) is 78.3 cm³/mol. The van der Waals surface area contributed by atoms with Gasteiger partial charge < -0.3 is 15.8 Å². The average molecular weight is 257 g/mol. The number of benzene rings is 1. The van der Waals surface area contributed by atoms with E-state index in [0.717, 1.165) is 18.8 Å². The Hall–Kier alpha value is -2.23. The summed E-state index contributed by atoms with van der Waals surface area (Å²) in [7, 11) is 1.56. The van der Waals surface area contributed by atoms with Gasteiger partial charge in [0, 0.05) is 6.54 Å². The van der Waals surface area contributed by atoms with Crippen molar-refractivity contribution in [2.75, 3.05) is 18.2 Å². The monoisotopic (exact) mass is 257 g/mol. The number of anilines is 2. The molecule has 0 unspecified atom stereocenters. The van der Waals surface area contributed by atoms with Gasteiger partial charge in [0.2, 0.25) is 5.88 Å². The molecule has 0 amide bonds. The Kier molecular flexibility index (Phi) is 4.23. The molecule has 1 aromatic heterocycles. The fourth-order valence-corrected chi connectivity index (χ4v) is 1.97. The summed E-state index contributed by atoms with van der Waals surface area (Å²) >= 11 is 0. The zero-order valence-corrected chi connectivity index (χ0v) is 11.3. The average Bonchev–Trinajstić information content (AvgIpc) is 2.46. The van der Waals surface area contributed by atoms with E-state index in [1.54, 1.807) is 13.2 Å². The van der Waals surface area contributed by atoms with Crippen molar-refractivity contribution < 1.29 is 4.74 Å². The van der Waals surface area contributed by atoms with Gasteiger partial charge in [-0.2, -0.15) is 4.98 Å². The minimum atomic E-state index is 0.453. The van der Waals surface area contributed by atoms with Crippen LogP contribution in [0.5, 0.6) is 5.88 Å². The highest BCUT2D eigenvalue weighted by atomic mass is 16.5. The van der Waals surface area contributed by atoms with Gasteiger partial charge in [0.15, 0.2) is 0 Å². The Morgan fingerprint density at radius 1 is 1.16 bits per heavy atom. The first kappa shape index (κ1) is 13.2. The summed E-state index contributed by atoms with van der Waals surface area (Å²) in [5, 5.41) is 3.29. The summed E-state index contributed by atoms with van der Waals surface area (Å²) in [6.45, 7) is 2.90. The van der Waals surface area contributed by atoms with Crippen LogP contribution in [0.2, 0.25) is 0 Å². The third kappa shape index (κ3) is 3.16. The van der Waals surface area contributed by atoms with Gasteiger partial charge in [-0.15, -0.1) is 0 Å². The first-order valence-corrected chi connectivity index (χ1v) is 6.35. The maximum atomic E-state index is 5.74. The van der Waals surface area contributed by atoms with Gasteiger partial charge in [-0.25, -0.2) is 0 Å². The smallest absolute Gasteiger partial charge is 0.238 e. The van der Waals surface area contributed by atoms with Crippen LogP contribution in [-0.2, 0) is 13.0 Å². The van der Waals surface area contributed by atoms with Crippen molar-refractivity contribution in [3.63, 3.8) is 0 Å². The second-order valence-corrected chi connectivity index (χ2v) is 4.27. The van der Waals surface area contributed by atoms with E-state index in [1.165, 1.54) is 11.1 Å². The van der Waals surface area contributed by atoms with E-state index in [2.05, 4.69) is 35.4 Å². The van der Waals surface area contributed by atoms with E-state index in [-0.39, 0.29) is 0 Å². The molecule has 1 aromatic carbocycles. The molecule has 0 radical (unpaired) electrons. The molecule has 19 heavy (non-hydrogen) atoms. The van der Waals surface area contributed by atoms with E-state index < -0.39 is 0 Å². The zero-order valence-electron chi connectivity index (χ0n) is 11.3. The highest BCUT2D eigenvalue weighted by Crippen LogP contribution is 2.20. The molecule has 3 N–H and O–H groups in total. The minimum absolute atomic E-state index is 0.453. The molecule has 0 aliphatic heterocycles. The van der Waals surface area contributed by atoms with Crippen molar-refractivity contribution in [2.45, 2.75) is 19.9 Å². The molecule has 0 aliphatic carbocycles. The number of aryl methyl sites for hydroxylation is 1. The SMILES string of the molecule is CCc1ccccc1CNc1ccc(N)c(OC)n1. The molecular weight excluding hydrogens is 238 g/mol. The third-order valence-corrected chi connectivity index (χ3v) is 3.04. The summed E-state index contributed by atoms with van der Waals surface area (Å²) < 4.78 is 5.11. The number of hydrogen-bond donors (Lipinski definition) is 2. The van der Waals surface area contributed by atoms with E-state index in [0.29, 0.717) is 11.6 Å². The lowest BCUT2D eigenvalue weighted by molar-refractivity contribution is 0.401. The largest absolute Gasteiger partial charge is 0.479 e. The quantitative estimate of drug-likeness (QED) is 0.864. The number of hydrogen-bond acceptors (Lipinski definition) is 4. The lowest BCUT2D eigenvalue weighted by Gasteiger charge is -2.11. The Labute approximate surface area is 113 Å². The van der Waals surface area contributed by atoms with Gasteiger partial charge in [0.05, 0.1) is 12.8 Å². The second kappa shape index (κ2) is 6.09.